The summed E-state index contributed by atoms with van der Waals surface area (Å²) in [7, 11) is 0. The van der Waals surface area contributed by atoms with Crippen LogP contribution in [0, 0.1) is 0 Å². The number of rotatable bonds is 5. The van der Waals surface area contributed by atoms with Gasteiger partial charge in [-0.25, -0.2) is 4.68 Å². The number of fused-ring (bicyclic) bond motifs is 5. The number of hydrogen-bond donors (Lipinski definition) is 0. The Bertz CT molecular complexity index is 2820. The van der Waals surface area contributed by atoms with E-state index < -0.39 is 0 Å². The minimum Gasteiger partial charge on any atom is -0.232 e. The van der Waals surface area contributed by atoms with Crippen molar-refractivity contribution in [2.24, 2.45) is 0 Å². The smallest absolute Gasteiger partial charge is 0.101 e. The first-order valence-corrected chi connectivity index (χ1v) is 17.5. The summed E-state index contributed by atoms with van der Waals surface area (Å²) in [6, 6.07) is 69.8. The van der Waals surface area contributed by atoms with Crippen LogP contribution in [0.4, 0.5) is 0 Å². The van der Waals surface area contributed by atoms with Crippen molar-refractivity contribution in [1.82, 2.24) is 9.78 Å². The minimum atomic E-state index is 0.979. The van der Waals surface area contributed by atoms with Crippen molar-refractivity contribution < 1.29 is 0 Å². The molecule has 0 atom stereocenters. The van der Waals surface area contributed by atoms with Crippen LogP contribution in [0.1, 0.15) is 0 Å². The van der Waals surface area contributed by atoms with Crippen molar-refractivity contribution in [2.45, 2.75) is 0 Å². The summed E-state index contributed by atoms with van der Waals surface area (Å²) < 4.78 is 2.14. The van der Waals surface area contributed by atoms with Crippen LogP contribution >= 0.6 is 0 Å². The zero-order chi connectivity index (χ0) is 33.7. The molecular weight excluding hydrogens is 617 g/mol. The Labute approximate surface area is 296 Å². The Morgan fingerprint density at radius 3 is 1.39 bits per heavy atom. The first kappa shape index (κ1) is 29.2. The number of para-hydroxylation sites is 1. The van der Waals surface area contributed by atoms with Crippen LogP contribution in [-0.2, 0) is 0 Å². The summed E-state index contributed by atoms with van der Waals surface area (Å²) in [5.74, 6) is 0. The summed E-state index contributed by atoms with van der Waals surface area (Å²) in [6.07, 6.45) is 0. The predicted molar refractivity (Wildman–Crippen MR) is 215 cm³/mol. The van der Waals surface area contributed by atoms with Gasteiger partial charge in [-0.15, -0.1) is 0 Å². The van der Waals surface area contributed by atoms with Crippen LogP contribution in [0.25, 0.3) is 93.5 Å². The molecule has 0 spiro atoms. The van der Waals surface area contributed by atoms with Crippen molar-refractivity contribution in [3.8, 4) is 50.3 Å². The van der Waals surface area contributed by atoms with E-state index in [1.807, 2.05) is 0 Å². The Kier molecular flexibility index (Phi) is 6.85. The molecule has 10 rings (SSSR count). The van der Waals surface area contributed by atoms with Crippen LogP contribution in [0.15, 0.2) is 194 Å². The maximum Gasteiger partial charge on any atom is 0.101 e. The lowest BCUT2D eigenvalue weighted by atomic mass is 9.85. The Morgan fingerprint density at radius 2 is 0.824 bits per heavy atom. The van der Waals surface area contributed by atoms with Gasteiger partial charge in [0.1, 0.15) is 5.69 Å². The Hall–Kier alpha value is -6.77. The van der Waals surface area contributed by atoms with Crippen LogP contribution in [-0.4, -0.2) is 9.78 Å². The van der Waals surface area contributed by atoms with E-state index in [-0.39, 0.29) is 0 Å². The molecule has 9 aromatic carbocycles. The van der Waals surface area contributed by atoms with E-state index in [1.54, 1.807) is 0 Å². The molecule has 238 valence electrons. The van der Waals surface area contributed by atoms with Gasteiger partial charge in [0.25, 0.3) is 0 Å². The summed E-state index contributed by atoms with van der Waals surface area (Å²) in [5.41, 5.74) is 11.5. The van der Waals surface area contributed by atoms with Gasteiger partial charge in [-0.3, -0.25) is 0 Å². The first-order valence-electron chi connectivity index (χ1n) is 17.5. The van der Waals surface area contributed by atoms with E-state index in [4.69, 9.17) is 5.10 Å². The summed E-state index contributed by atoms with van der Waals surface area (Å²) >= 11 is 0. The molecule has 0 amide bonds. The van der Waals surface area contributed by atoms with Gasteiger partial charge >= 0.3 is 0 Å². The van der Waals surface area contributed by atoms with Crippen molar-refractivity contribution in [3.63, 3.8) is 0 Å². The van der Waals surface area contributed by atoms with Gasteiger partial charge in [0.05, 0.1) is 11.2 Å². The fourth-order valence-electron chi connectivity index (χ4n) is 7.96. The summed E-state index contributed by atoms with van der Waals surface area (Å²) in [5, 5.41) is 13.9. The minimum absolute atomic E-state index is 0.979. The van der Waals surface area contributed by atoms with Crippen molar-refractivity contribution in [1.29, 1.82) is 0 Å². The molecule has 0 saturated carbocycles. The molecule has 0 fully saturated rings. The van der Waals surface area contributed by atoms with Crippen molar-refractivity contribution in [3.05, 3.63) is 194 Å². The highest BCUT2D eigenvalue weighted by Crippen LogP contribution is 2.46. The highest BCUT2D eigenvalue weighted by molar-refractivity contribution is 6.23. The largest absolute Gasteiger partial charge is 0.232 e. The molecule has 0 bridgehead atoms. The Balaban J connectivity index is 1.32. The van der Waals surface area contributed by atoms with Crippen LogP contribution < -0.4 is 0 Å². The van der Waals surface area contributed by atoms with E-state index in [9.17, 15) is 0 Å². The zero-order valence-electron chi connectivity index (χ0n) is 27.9. The second-order valence-electron chi connectivity index (χ2n) is 13.1. The third-order valence-corrected chi connectivity index (χ3v) is 10.2. The van der Waals surface area contributed by atoms with Gasteiger partial charge in [0.2, 0.25) is 0 Å². The highest BCUT2D eigenvalue weighted by Gasteiger charge is 2.22. The highest BCUT2D eigenvalue weighted by atomic mass is 15.3. The molecule has 0 unspecified atom stereocenters. The van der Waals surface area contributed by atoms with Gasteiger partial charge in [0, 0.05) is 16.3 Å². The van der Waals surface area contributed by atoms with Gasteiger partial charge in [0.15, 0.2) is 0 Å². The van der Waals surface area contributed by atoms with E-state index in [1.165, 1.54) is 65.7 Å². The molecule has 1 aromatic heterocycles. The van der Waals surface area contributed by atoms with E-state index in [2.05, 4.69) is 199 Å². The quantitative estimate of drug-likeness (QED) is 0.170. The number of aromatic nitrogens is 2. The monoisotopic (exact) mass is 648 g/mol. The molecule has 0 N–H and O–H groups in total. The van der Waals surface area contributed by atoms with Crippen molar-refractivity contribution in [2.75, 3.05) is 0 Å². The standard InChI is InChI=1S/C49H32N2/c1-5-17-33(18-6-1)44-32-37-31-36(46-42-27-15-13-25-40(42)45(34-19-7-2-8-20-34)41-26-14-16-28-43(41)46)29-30-39(37)49-47(44)48(35-21-9-3-10-22-35)50-51(49)38-23-11-4-12-24-38/h1-32H. The lowest BCUT2D eigenvalue weighted by Crippen LogP contribution is -1.97. The molecule has 51 heavy (non-hydrogen) atoms. The Morgan fingerprint density at radius 1 is 0.353 bits per heavy atom. The fraction of sp³-hybridized carbons (Fsp3) is 0. The number of nitrogens with zero attached hydrogens (tertiary/aromatic N) is 2. The third kappa shape index (κ3) is 4.76. The zero-order valence-corrected chi connectivity index (χ0v) is 27.9. The number of hydrogen-bond acceptors (Lipinski definition) is 1. The molecule has 0 aliphatic heterocycles. The first-order chi connectivity index (χ1) is 25.3. The van der Waals surface area contributed by atoms with Crippen LogP contribution in [0.2, 0.25) is 0 Å². The van der Waals surface area contributed by atoms with E-state index in [0.717, 1.165) is 27.8 Å². The number of benzene rings is 9. The van der Waals surface area contributed by atoms with Gasteiger partial charge in [-0.2, -0.15) is 5.10 Å². The molecule has 0 aliphatic carbocycles. The molecule has 2 nitrogen and oxygen atoms in total. The van der Waals surface area contributed by atoms with Gasteiger partial charge in [-0.1, -0.05) is 170 Å². The van der Waals surface area contributed by atoms with Gasteiger partial charge in [-0.05, 0) is 84.6 Å². The predicted octanol–water partition coefficient (Wildman–Crippen LogP) is 13.2. The summed E-state index contributed by atoms with van der Waals surface area (Å²) in [6.45, 7) is 0. The molecular formula is C49H32N2. The van der Waals surface area contributed by atoms with E-state index in [0.29, 0.717) is 0 Å². The molecule has 10 aromatic rings. The lowest BCUT2D eigenvalue weighted by molar-refractivity contribution is 0.918. The molecule has 0 saturated heterocycles. The average Bonchev–Trinajstić information content (AvgIpc) is 3.62. The normalized spacial score (nSPS) is 11.5. The van der Waals surface area contributed by atoms with Crippen LogP contribution in [0.5, 0.6) is 0 Å². The van der Waals surface area contributed by atoms with E-state index >= 15 is 0 Å². The second kappa shape index (κ2) is 12.0. The maximum atomic E-state index is 5.38. The molecule has 0 radical (unpaired) electrons. The van der Waals surface area contributed by atoms with Gasteiger partial charge < -0.3 is 0 Å². The SMILES string of the molecule is c1ccc(-c2c3ccccc3c(-c3ccc4c(c3)cc(-c3ccccc3)c3c(-c5ccccc5)nn(-c5ccccc5)c34)c3ccccc23)cc1. The fourth-order valence-corrected chi connectivity index (χ4v) is 7.96. The molecule has 2 heteroatoms. The second-order valence-corrected chi connectivity index (χ2v) is 13.1. The van der Waals surface area contributed by atoms with Crippen LogP contribution in [0.3, 0.4) is 0 Å². The summed E-state index contributed by atoms with van der Waals surface area (Å²) in [4.78, 5) is 0. The van der Waals surface area contributed by atoms with Crippen molar-refractivity contribution >= 4 is 43.2 Å². The molecule has 1 heterocycles. The topological polar surface area (TPSA) is 17.8 Å². The average molecular weight is 649 g/mol. The maximum absolute atomic E-state index is 5.38. The third-order valence-electron chi connectivity index (χ3n) is 10.2. The lowest BCUT2D eigenvalue weighted by Gasteiger charge is -2.18. The molecule has 0 aliphatic rings.